The van der Waals surface area contributed by atoms with Crippen LogP contribution in [0.3, 0.4) is 0 Å². The minimum absolute atomic E-state index is 0.675. The van der Waals surface area contributed by atoms with E-state index in [9.17, 15) is 0 Å². The average molecular weight is 214 g/mol. The third-order valence-corrected chi connectivity index (χ3v) is 3.17. The van der Waals surface area contributed by atoms with Gasteiger partial charge in [0.1, 0.15) is 0 Å². The molecule has 0 aliphatic carbocycles. The zero-order valence-corrected chi connectivity index (χ0v) is 11.3. The molecule has 1 N–H and O–H groups in total. The van der Waals surface area contributed by atoms with E-state index in [2.05, 4.69) is 45.0 Å². The van der Waals surface area contributed by atoms with Crippen LogP contribution in [0.2, 0.25) is 0 Å². The van der Waals surface area contributed by atoms with E-state index >= 15 is 0 Å². The molecule has 0 saturated heterocycles. The maximum absolute atomic E-state index is 3.64. The van der Waals surface area contributed by atoms with Crippen LogP contribution in [0.4, 0.5) is 0 Å². The largest absolute Gasteiger partial charge is 0.313 e. The maximum atomic E-state index is 3.64. The number of rotatable bonds is 9. The second-order valence-corrected chi connectivity index (χ2v) is 4.64. The van der Waals surface area contributed by atoms with E-state index in [1.54, 1.807) is 0 Å². The summed E-state index contributed by atoms with van der Waals surface area (Å²) in [5.41, 5.74) is 0. The van der Waals surface area contributed by atoms with Crippen molar-refractivity contribution in [1.82, 2.24) is 10.2 Å². The molecule has 0 bridgehead atoms. The fraction of sp³-hybridized carbons (Fsp3) is 1.00. The van der Waals surface area contributed by atoms with E-state index in [0.717, 1.165) is 6.54 Å². The minimum Gasteiger partial charge on any atom is -0.313 e. The monoisotopic (exact) mass is 214 g/mol. The molecule has 0 amide bonds. The first-order chi connectivity index (χ1) is 7.15. The summed E-state index contributed by atoms with van der Waals surface area (Å²) in [5.74, 6) is 0. The molecule has 0 aromatic rings. The molecule has 0 saturated carbocycles. The van der Waals surface area contributed by atoms with Crippen molar-refractivity contribution in [3.63, 3.8) is 0 Å². The predicted molar refractivity (Wildman–Crippen MR) is 69.4 cm³/mol. The molecule has 0 aliphatic rings. The third kappa shape index (κ3) is 6.91. The van der Waals surface area contributed by atoms with Gasteiger partial charge in [0.2, 0.25) is 0 Å². The first kappa shape index (κ1) is 14.9. The van der Waals surface area contributed by atoms with E-state index in [0.29, 0.717) is 12.1 Å². The van der Waals surface area contributed by atoms with E-state index in [4.69, 9.17) is 0 Å². The Morgan fingerprint density at radius 1 is 1.13 bits per heavy atom. The topological polar surface area (TPSA) is 15.3 Å². The molecular weight excluding hydrogens is 184 g/mol. The normalized spacial score (nSPS) is 15.6. The van der Waals surface area contributed by atoms with Gasteiger partial charge >= 0.3 is 0 Å². The van der Waals surface area contributed by atoms with Gasteiger partial charge in [0.15, 0.2) is 0 Å². The number of hydrogen-bond acceptors (Lipinski definition) is 2. The summed E-state index contributed by atoms with van der Waals surface area (Å²) < 4.78 is 0. The van der Waals surface area contributed by atoms with Gasteiger partial charge in [0, 0.05) is 18.6 Å². The Kier molecular flexibility index (Phi) is 9.12. The highest BCUT2D eigenvalue weighted by Gasteiger charge is 2.13. The fourth-order valence-corrected chi connectivity index (χ4v) is 1.79. The molecular formula is C13H30N2. The quantitative estimate of drug-likeness (QED) is 0.635. The van der Waals surface area contributed by atoms with Gasteiger partial charge in [-0.3, -0.25) is 0 Å². The van der Waals surface area contributed by atoms with Crippen LogP contribution in [-0.2, 0) is 0 Å². The van der Waals surface area contributed by atoms with Crippen molar-refractivity contribution < 1.29 is 0 Å². The first-order valence-corrected chi connectivity index (χ1v) is 6.59. The van der Waals surface area contributed by atoms with Gasteiger partial charge in [-0.25, -0.2) is 0 Å². The zero-order valence-electron chi connectivity index (χ0n) is 11.3. The van der Waals surface area contributed by atoms with Crippen LogP contribution in [0.1, 0.15) is 53.4 Å². The highest BCUT2D eigenvalue weighted by molar-refractivity contribution is 4.72. The summed E-state index contributed by atoms with van der Waals surface area (Å²) >= 11 is 0. The van der Waals surface area contributed by atoms with Crippen LogP contribution in [0, 0.1) is 0 Å². The molecule has 0 fully saturated rings. The Morgan fingerprint density at radius 3 is 2.27 bits per heavy atom. The predicted octanol–water partition coefficient (Wildman–Crippen LogP) is 2.89. The Labute approximate surface area is 96.4 Å². The summed E-state index contributed by atoms with van der Waals surface area (Å²) in [4.78, 5) is 2.48. The lowest BCUT2D eigenvalue weighted by Crippen LogP contribution is -2.42. The SMILES string of the molecule is CCCNC(CCC)CN(C)C(C)CC. The summed E-state index contributed by atoms with van der Waals surface area (Å²) in [7, 11) is 2.24. The second kappa shape index (κ2) is 9.17. The molecule has 2 heteroatoms. The van der Waals surface area contributed by atoms with Gasteiger partial charge in [0.05, 0.1) is 0 Å². The van der Waals surface area contributed by atoms with Gasteiger partial charge in [-0.15, -0.1) is 0 Å². The van der Waals surface area contributed by atoms with E-state index in [1.807, 2.05) is 0 Å². The van der Waals surface area contributed by atoms with E-state index in [1.165, 1.54) is 32.2 Å². The van der Waals surface area contributed by atoms with Crippen molar-refractivity contribution in [3.05, 3.63) is 0 Å². The maximum Gasteiger partial charge on any atom is 0.0194 e. The van der Waals surface area contributed by atoms with E-state index < -0.39 is 0 Å². The third-order valence-electron chi connectivity index (χ3n) is 3.17. The summed E-state index contributed by atoms with van der Waals surface area (Å²) in [5, 5.41) is 3.64. The lowest BCUT2D eigenvalue weighted by molar-refractivity contribution is 0.219. The Hall–Kier alpha value is -0.0800. The Bertz CT molecular complexity index is 136. The molecule has 0 aromatic carbocycles. The molecule has 0 aromatic heterocycles. The van der Waals surface area contributed by atoms with Crippen LogP contribution in [-0.4, -0.2) is 37.1 Å². The van der Waals surface area contributed by atoms with Crippen molar-refractivity contribution in [2.75, 3.05) is 20.1 Å². The summed E-state index contributed by atoms with van der Waals surface area (Å²) in [6.45, 7) is 11.4. The second-order valence-electron chi connectivity index (χ2n) is 4.64. The van der Waals surface area contributed by atoms with E-state index in [-0.39, 0.29) is 0 Å². The number of hydrogen-bond donors (Lipinski definition) is 1. The molecule has 0 aliphatic heterocycles. The average Bonchev–Trinajstić information content (AvgIpc) is 2.24. The molecule has 92 valence electrons. The van der Waals surface area contributed by atoms with Gasteiger partial charge in [-0.1, -0.05) is 27.2 Å². The van der Waals surface area contributed by atoms with Crippen molar-refractivity contribution in [1.29, 1.82) is 0 Å². The standard InChI is InChI=1S/C13H30N2/c1-6-9-13(14-10-7-2)11-15(5)12(4)8-3/h12-14H,6-11H2,1-5H3. The Balaban J connectivity index is 3.91. The Morgan fingerprint density at radius 2 is 1.80 bits per heavy atom. The molecule has 0 heterocycles. The molecule has 2 unspecified atom stereocenters. The van der Waals surface area contributed by atoms with Gasteiger partial charge in [0.25, 0.3) is 0 Å². The van der Waals surface area contributed by atoms with Crippen LogP contribution < -0.4 is 5.32 Å². The highest BCUT2D eigenvalue weighted by atomic mass is 15.1. The molecule has 2 atom stereocenters. The van der Waals surface area contributed by atoms with Gasteiger partial charge in [-0.2, -0.15) is 0 Å². The van der Waals surface area contributed by atoms with Crippen LogP contribution in [0.5, 0.6) is 0 Å². The van der Waals surface area contributed by atoms with Crippen LogP contribution >= 0.6 is 0 Å². The number of nitrogens with zero attached hydrogens (tertiary/aromatic N) is 1. The van der Waals surface area contributed by atoms with Crippen molar-refractivity contribution in [2.24, 2.45) is 0 Å². The number of nitrogens with one attached hydrogen (secondary N) is 1. The van der Waals surface area contributed by atoms with Crippen molar-refractivity contribution >= 4 is 0 Å². The minimum atomic E-state index is 0.675. The first-order valence-electron chi connectivity index (χ1n) is 6.59. The highest BCUT2D eigenvalue weighted by Crippen LogP contribution is 2.05. The van der Waals surface area contributed by atoms with Crippen molar-refractivity contribution in [3.8, 4) is 0 Å². The molecule has 2 nitrogen and oxygen atoms in total. The van der Waals surface area contributed by atoms with Gasteiger partial charge < -0.3 is 10.2 Å². The lowest BCUT2D eigenvalue weighted by atomic mass is 10.1. The fourth-order valence-electron chi connectivity index (χ4n) is 1.79. The van der Waals surface area contributed by atoms with Crippen LogP contribution in [0.15, 0.2) is 0 Å². The smallest absolute Gasteiger partial charge is 0.0194 e. The molecule has 15 heavy (non-hydrogen) atoms. The van der Waals surface area contributed by atoms with Crippen molar-refractivity contribution in [2.45, 2.75) is 65.5 Å². The molecule has 0 spiro atoms. The van der Waals surface area contributed by atoms with Crippen LogP contribution in [0.25, 0.3) is 0 Å². The lowest BCUT2D eigenvalue weighted by Gasteiger charge is -2.29. The summed E-state index contributed by atoms with van der Waals surface area (Å²) in [6, 6.07) is 1.38. The summed E-state index contributed by atoms with van der Waals surface area (Å²) in [6.07, 6.45) is 5.03. The number of likely N-dealkylation sites (N-methyl/N-ethyl adjacent to an activating group) is 1. The molecule has 0 rings (SSSR count). The van der Waals surface area contributed by atoms with Gasteiger partial charge in [-0.05, 0) is 39.8 Å². The molecule has 0 radical (unpaired) electrons. The zero-order chi connectivity index (χ0) is 11.7.